The molecule has 0 aromatic carbocycles. The second kappa shape index (κ2) is 4.56. The van der Waals surface area contributed by atoms with Crippen LogP contribution in [0.2, 0.25) is 0 Å². The first-order chi connectivity index (χ1) is 7.16. The van der Waals surface area contributed by atoms with Gasteiger partial charge in [0, 0.05) is 0 Å². The monoisotopic (exact) mass is 223 g/mol. The predicted molar refractivity (Wildman–Crippen MR) is 67.3 cm³/mol. The minimum absolute atomic E-state index is 0.236. The van der Waals surface area contributed by atoms with Gasteiger partial charge in [-0.25, -0.2) is 0 Å². The number of rotatable bonds is 3. The molecular formula is C13H25N3. The first kappa shape index (κ1) is 13.2. The Morgan fingerprint density at radius 1 is 1.06 bits per heavy atom. The minimum atomic E-state index is 0.236. The van der Waals surface area contributed by atoms with Crippen molar-refractivity contribution in [2.75, 3.05) is 0 Å². The Morgan fingerprint density at radius 3 is 2.19 bits per heavy atom. The van der Waals surface area contributed by atoms with E-state index >= 15 is 0 Å². The van der Waals surface area contributed by atoms with Gasteiger partial charge in [0.25, 0.3) is 0 Å². The van der Waals surface area contributed by atoms with E-state index in [9.17, 15) is 0 Å². The van der Waals surface area contributed by atoms with Crippen LogP contribution in [0.5, 0.6) is 0 Å². The standard InChI is InChI=1S/C13H25N3/c1-12(2,3)8-7-11-9-14-16(15-11)10-13(4,5)6/h9H,7-8,10H2,1-6H3. The summed E-state index contributed by atoms with van der Waals surface area (Å²) in [6.07, 6.45) is 4.08. The van der Waals surface area contributed by atoms with Crippen molar-refractivity contribution in [3.05, 3.63) is 11.9 Å². The molecule has 0 bridgehead atoms. The Kier molecular flexibility index (Phi) is 3.76. The molecule has 0 fully saturated rings. The molecule has 3 nitrogen and oxygen atoms in total. The lowest BCUT2D eigenvalue weighted by Crippen LogP contribution is -2.17. The zero-order chi connectivity index (χ0) is 12.4. The third-order valence-corrected chi connectivity index (χ3v) is 2.33. The highest BCUT2D eigenvalue weighted by Crippen LogP contribution is 2.21. The van der Waals surface area contributed by atoms with Crippen LogP contribution in [0, 0.1) is 10.8 Å². The molecule has 0 aliphatic rings. The molecular weight excluding hydrogens is 198 g/mol. The lowest BCUT2D eigenvalue weighted by Gasteiger charge is -2.17. The highest BCUT2D eigenvalue weighted by molar-refractivity contribution is 4.92. The molecule has 0 atom stereocenters. The lowest BCUT2D eigenvalue weighted by atomic mass is 9.90. The van der Waals surface area contributed by atoms with Crippen LogP contribution >= 0.6 is 0 Å². The van der Waals surface area contributed by atoms with Crippen molar-refractivity contribution in [1.29, 1.82) is 0 Å². The molecule has 1 aromatic heterocycles. The Balaban J connectivity index is 2.52. The molecule has 0 N–H and O–H groups in total. The van der Waals surface area contributed by atoms with Crippen molar-refractivity contribution in [2.24, 2.45) is 10.8 Å². The molecule has 1 aromatic rings. The van der Waals surface area contributed by atoms with E-state index in [4.69, 9.17) is 0 Å². The Labute approximate surface area is 99.2 Å². The summed E-state index contributed by atoms with van der Waals surface area (Å²) in [5, 5.41) is 8.81. The molecule has 0 aliphatic carbocycles. The van der Waals surface area contributed by atoms with Gasteiger partial charge in [0.1, 0.15) is 0 Å². The highest BCUT2D eigenvalue weighted by atomic mass is 15.5. The fourth-order valence-electron chi connectivity index (χ4n) is 1.45. The van der Waals surface area contributed by atoms with Gasteiger partial charge in [-0.1, -0.05) is 41.5 Å². The summed E-state index contributed by atoms with van der Waals surface area (Å²) in [5.41, 5.74) is 1.72. The zero-order valence-corrected chi connectivity index (χ0v) is 11.5. The maximum absolute atomic E-state index is 4.50. The maximum Gasteiger partial charge on any atom is 0.0827 e. The summed E-state index contributed by atoms with van der Waals surface area (Å²) >= 11 is 0. The number of aromatic nitrogens is 3. The van der Waals surface area contributed by atoms with Gasteiger partial charge in [-0.05, 0) is 23.7 Å². The fraction of sp³-hybridized carbons (Fsp3) is 0.846. The number of nitrogens with zero attached hydrogens (tertiary/aromatic N) is 3. The van der Waals surface area contributed by atoms with E-state index in [0.717, 1.165) is 25.1 Å². The van der Waals surface area contributed by atoms with Crippen LogP contribution in [0.4, 0.5) is 0 Å². The summed E-state index contributed by atoms with van der Waals surface area (Å²) in [5.74, 6) is 0. The first-order valence-corrected chi connectivity index (χ1v) is 6.05. The van der Waals surface area contributed by atoms with Crippen LogP contribution in [-0.2, 0) is 13.0 Å². The van der Waals surface area contributed by atoms with Crippen LogP contribution in [0.1, 0.15) is 53.7 Å². The predicted octanol–water partition coefficient (Wildman–Crippen LogP) is 3.30. The normalized spacial score (nSPS) is 13.1. The molecule has 0 aliphatic heterocycles. The van der Waals surface area contributed by atoms with Gasteiger partial charge in [0.05, 0.1) is 18.4 Å². The second-order valence-electron chi connectivity index (χ2n) is 6.99. The molecule has 1 rings (SSSR count). The fourth-order valence-corrected chi connectivity index (χ4v) is 1.45. The van der Waals surface area contributed by atoms with Crippen molar-refractivity contribution >= 4 is 0 Å². The number of hydrogen-bond acceptors (Lipinski definition) is 2. The molecule has 92 valence electrons. The first-order valence-electron chi connectivity index (χ1n) is 6.05. The van der Waals surface area contributed by atoms with E-state index in [0.29, 0.717) is 5.41 Å². The summed E-state index contributed by atoms with van der Waals surface area (Å²) in [7, 11) is 0. The van der Waals surface area contributed by atoms with E-state index in [1.807, 2.05) is 11.0 Å². The van der Waals surface area contributed by atoms with Gasteiger partial charge in [-0.2, -0.15) is 15.0 Å². The van der Waals surface area contributed by atoms with E-state index in [-0.39, 0.29) is 5.41 Å². The Bertz CT molecular complexity index is 326. The second-order valence-corrected chi connectivity index (χ2v) is 6.99. The molecule has 0 saturated heterocycles. The van der Waals surface area contributed by atoms with E-state index in [1.54, 1.807) is 0 Å². The third-order valence-electron chi connectivity index (χ3n) is 2.33. The van der Waals surface area contributed by atoms with Gasteiger partial charge in [0.15, 0.2) is 0 Å². The quantitative estimate of drug-likeness (QED) is 0.787. The number of aryl methyl sites for hydroxylation is 1. The Hall–Kier alpha value is -0.860. The van der Waals surface area contributed by atoms with Crippen LogP contribution < -0.4 is 0 Å². The van der Waals surface area contributed by atoms with E-state index in [2.05, 4.69) is 51.7 Å². The largest absolute Gasteiger partial charge is 0.184 e. The van der Waals surface area contributed by atoms with E-state index in [1.165, 1.54) is 0 Å². The Morgan fingerprint density at radius 2 is 1.69 bits per heavy atom. The molecule has 1 heterocycles. The van der Waals surface area contributed by atoms with Crippen molar-refractivity contribution in [2.45, 2.75) is 60.9 Å². The van der Waals surface area contributed by atoms with Crippen molar-refractivity contribution in [1.82, 2.24) is 15.0 Å². The molecule has 0 spiro atoms. The van der Waals surface area contributed by atoms with Gasteiger partial charge in [-0.3, -0.25) is 0 Å². The average Bonchev–Trinajstić information content (AvgIpc) is 2.44. The topological polar surface area (TPSA) is 30.7 Å². The maximum atomic E-state index is 4.50. The van der Waals surface area contributed by atoms with Crippen molar-refractivity contribution in [3.8, 4) is 0 Å². The lowest BCUT2D eigenvalue weighted by molar-refractivity contribution is 0.301. The smallest absolute Gasteiger partial charge is 0.0827 e. The molecule has 0 saturated carbocycles. The highest BCUT2D eigenvalue weighted by Gasteiger charge is 2.14. The molecule has 0 unspecified atom stereocenters. The van der Waals surface area contributed by atoms with Crippen LogP contribution in [-0.4, -0.2) is 15.0 Å². The summed E-state index contributed by atoms with van der Waals surface area (Å²) < 4.78 is 0. The van der Waals surface area contributed by atoms with Gasteiger partial charge < -0.3 is 0 Å². The molecule has 0 amide bonds. The van der Waals surface area contributed by atoms with Gasteiger partial charge >= 0.3 is 0 Å². The van der Waals surface area contributed by atoms with Crippen LogP contribution in [0.3, 0.4) is 0 Å². The molecule has 3 heteroatoms. The van der Waals surface area contributed by atoms with Crippen molar-refractivity contribution < 1.29 is 0 Å². The third kappa shape index (κ3) is 5.29. The van der Waals surface area contributed by atoms with E-state index < -0.39 is 0 Å². The molecule has 0 radical (unpaired) electrons. The SMILES string of the molecule is CC(C)(C)CCc1cnn(CC(C)(C)C)n1. The average molecular weight is 223 g/mol. The number of hydrogen-bond donors (Lipinski definition) is 0. The van der Waals surface area contributed by atoms with Crippen LogP contribution in [0.15, 0.2) is 6.20 Å². The molecule has 16 heavy (non-hydrogen) atoms. The van der Waals surface area contributed by atoms with Gasteiger partial charge in [0.2, 0.25) is 0 Å². The van der Waals surface area contributed by atoms with Crippen LogP contribution in [0.25, 0.3) is 0 Å². The summed E-state index contributed by atoms with van der Waals surface area (Å²) in [6, 6.07) is 0. The van der Waals surface area contributed by atoms with Crippen molar-refractivity contribution in [3.63, 3.8) is 0 Å². The minimum Gasteiger partial charge on any atom is -0.184 e. The zero-order valence-electron chi connectivity index (χ0n) is 11.5. The summed E-state index contributed by atoms with van der Waals surface area (Å²) in [4.78, 5) is 1.82. The summed E-state index contributed by atoms with van der Waals surface area (Å²) in [6.45, 7) is 14.2. The van der Waals surface area contributed by atoms with Gasteiger partial charge in [-0.15, -0.1) is 0 Å².